The highest BCUT2D eigenvalue weighted by molar-refractivity contribution is 5.92. The van der Waals surface area contributed by atoms with E-state index < -0.39 is 24.0 Å². The van der Waals surface area contributed by atoms with E-state index in [2.05, 4.69) is 16.1 Å². The van der Waals surface area contributed by atoms with Gasteiger partial charge in [-0.3, -0.25) is 0 Å². The van der Waals surface area contributed by atoms with E-state index in [9.17, 15) is 14.4 Å². The molecule has 0 aliphatic carbocycles. The lowest BCUT2D eigenvalue weighted by Gasteiger charge is -2.14. The van der Waals surface area contributed by atoms with Crippen molar-refractivity contribution in [1.29, 1.82) is 0 Å². The first-order valence-electron chi connectivity index (χ1n) is 5.02. The number of hydrogen-bond donors (Lipinski definition) is 0. The smallest absolute Gasteiger partial charge is 0.355 e. The lowest BCUT2D eigenvalue weighted by atomic mass is 10.2. The lowest BCUT2D eigenvalue weighted by molar-refractivity contribution is -0.174. The van der Waals surface area contributed by atoms with Crippen LogP contribution in [0.15, 0.2) is 12.2 Å². The van der Waals surface area contributed by atoms with Crippen LogP contribution in [-0.2, 0) is 28.6 Å². The molecule has 0 heterocycles. The number of hydrogen-bond acceptors (Lipinski definition) is 6. The van der Waals surface area contributed by atoms with Crippen molar-refractivity contribution < 1.29 is 28.6 Å². The van der Waals surface area contributed by atoms with Crippen molar-refractivity contribution in [2.24, 2.45) is 0 Å². The number of carbonyl (C=O) groups excluding carboxylic acids is 3. The Bertz CT molecular complexity index is 320. The molecule has 0 fully saturated rings. The lowest BCUT2D eigenvalue weighted by Crippen LogP contribution is -2.31. The summed E-state index contributed by atoms with van der Waals surface area (Å²) in [7, 11) is 1.30. The molecular weight excluding hydrogens is 228 g/mol. The van der Waals surface area contributed by atoms with Crippen LogP contribution in [-0.4, -0.2) is 37.7 Å². The highest BCUT2D eigenvalue weighted by Gasteiger charge is 2.25. The molecule has 0 aromatic carbocycles. The molecule has 0 bridgehead atoms. The molecular formula is C11H16O6. The summed E-state index contributed by atoms with van der Waals surface area (Å²) in [6.45, 7) is 6.12. The number of esters is 3. The van der Waals surface area contributed by atoms with E-state index in [0.717, 1.165) is 0 Å². The van der Waals surface area contributed by atoms with Crippen molar-refractivity contribution >= 4 is 17.9 Å². The minimum atomic E-state index is -1.11. The third-order valence-electron chi connectivity index (χ3n) is 1.71. The van der Waals surface area contributed by atoms with Gasteiger partial charge in [0.15, 0.2) is 6.10 Å². The Morgan fingerprint density at radius 3 is 2.29 bits per heavy atom. The van der Waals surface area contributed by atoms with E-state index in [1.807, 2.05) is 0 Å². The molecule has 17 heavy (non-hydrogen) atoms. The molecule has 0 aromatic heterocycles. The first kappa shape index (κ1) is 15.3. The van der Waals surface area contributed by atoms with E-state index in [-0.39, 0.29) is 18.6 Å². The highest BCUT2D eigenvalue weighted by atomic mass is 16.6. The summed E-state index contributed by atoms with van der Waals surface area (Å²) in [6.07, 6.45) is -0.905. The Morgan fingerprint density at radius 1 is 1.29 bits per heavy atom. The predicted octanol–water partition coefficient (Wildman–Crippen LogP) is 0.600. The molecule has 0 aromatic rings. The van der Waals surface area contributed by atoms with Gasteiger partial charge in [-0.05, 0) is 13.3 Å². The van der Waals surface area contributed by atoms with Gasteiger partial charge in [0.1, 0.15) is 6.61 Å². The molecule has 0 rings (SSSR count). The molecule has 0 spiro atoms. The van der Waals surface area contributed by atoms with E-state index in [4.69, 9.17) is 4.74 Å². The maximum Gasteiger partial charge on any atom is 0.355 e. The molecule has 6 heteroatoms. The third kappa shape index (κ3) is 5.82. The van der Waals surface area contributed by atoms with Crippen LogP contribution in [0.3, 0.4) is 0 Å². The summed E-state index contributed by atoms with van der Waals surface area (Å²) in [5, 5.41) is 0. The van der Waals surface area contributed by atoms with Gasteiger partial charge >= 0.3 is 17.9 Å². The zero-order valence-electron chi connectivity index (χ0n) is 10.1. The van der Waals surface area contributed by atoms with Crippen molar-refractivity contribution in [2.75, 3.05) is 13.7 Å². The van der Waals surface area contributed by atoms with Crippen LogP contribution in [0.5, 0.6) is 0 Å². The maximum absolute atomic E-state index is 11.4. The number of ether oxygens (including phenoxy) is 3. The average Bonchev–Trinajstić information content (AvgIpc) is 2.25. The second kappa shape index (κ2) is 7.56. The molecule has 1 atom stereocenters. The van der Waals surface area contributed by atoms with Crippen molar-refractivity contribution in [2.45, 2.75) is 26.4 Å². The fraction of sp³-hybridized carbons (Fsp3) is 0.545. The quantitative estimate of drug-likeness (QED) is 0.387. The van der Waals surface area contributed by atoms with Gasteiger partial charge in [-0.15, -0.1) is 0 Å². The summed E-state index contributed by atoms with van der Waals surface area (Å²) in [5.74, 6) is -2.44. The zero-order valence-corrected chi connectivity index (χ0v) is 10.1. The second-order valence-corrected chi connectivity index (χ2v) is 3.31. The fourth-order valence-corrected chi connectivity index (χ4v) is 0.853. The Kier molecular flexibility index (Phi) is 6.81. The van der Waals surface area contributed by atoms with Gasteiger partial charge in [0.05, 0.1) is 0 Å². The summed E-state index contributed by atoms with van der Waals surface area (Å²) in [6, 6.07) is 0. The topological polar surface area (TPSA) is 78.9 Å². The number of methoxy groups -OCH3 is 1. The number of carbonyl (C=O) groups is 3. The SMILES string of the molecule is C=C(C)C(=O)OC(CC)C(=O)OC(=O)COC. The summed E-state index contributed by atoms with van der Waals surface area (Å²) < 4.78 is 13.7. The van der Waals surface area contributed by atoms with Crippen LogP contribution in [0, 0.1) is 0 Å². The first-order valence-corrected chi connectivity index (χ1v) is 5.02. The summed E-state index contributed by atoms with van der Waals surface area (Å²) >= 11 is 0. The fourth-order valence-electron chi connectivity index (χ4n) is 0.853. The second-order valence-electron chi connectivity index (χ2n) is 3.31. The molecule has 96 valence electrons. The Morgan fingerprint density at radius 2 is 1.88 bits per heavy atom. The van der Waals surface area contributed by atoms with Crippen LogP contribution in [0.1, 0.15) is 20.3 Å². The van der Waals surface area contributed by atoms with Crippen molar-refractivity contribution in [3.05, 3.63) is 12.2 Å². The van der Waals surface area contributed by atoms with Gasteiger partial charge in [0, 0.05) is 12.7 Å². The molecule has 0 aliphatic heterocycles. The van der Waals surface area contributed by atoms with Gasteiger partial charge in [0.25, 0.3) is 0 Å². The van der Waals surface area contributed by atoms with Crippen LogP contribution in [0.4, 0.5) is 0 Å². The highest BCUT2D eigenvalue weighted by Crippen LogP contribution is 2.05. The van der Waals surface area contributed by atoms with Gasteiger partial charge < -0.3 is 14.2 Å². The molecule has 0 saturated heterocycles. The summed E-state index contributed by atoms with van der Waals surface area (Å²) in [4.78, 5) is 33.6. The Balaban J connectivity index is 4.36. The monoisotopic (exact) mass is 244 g/mol. The molecule has 0 radical (unpaired) electrons. The normalized spacial score (nSPS) is 11.5. The van der Waals surface area contributed by atoms with Crippen molar-refractivity contribution in [1.82, 2.24) is 0 Å². The zero-order chi connectivity index (χ0) is 13.4. The van der Waals surface area contributed by atoms with Crippen LogP contribution < -0.4 is 0 Å². The standard InChI is InChI=1S/C11H16O6/c1-5-8(16-10(13)7(2)3)11(14)17-9(12)6-15-4/h8H,2,5-6H2,1,3-4H3. The van der Waals surface area contributed by atoms with Gasteiger partial charge in [0.2, 0.25) is 0 Å². The third-order valence-corrected chi connectivity index (χ3v) is 1.71. The molecule has 0 saturated carbocycles. The van der Waals surface area contributed by atoms with Crippen molar-refractivity contribution in [3.63, 3.8) is 0 Å². The Labute approximate surface area is 99.5 Å². The molecule has 1 unspecified atom stereocenters. The number of rotatable bonds is 6. The average molecular weight is 244 g/mol. The minimum absolute atomic E-state index is 0.166. The molecule has 0 N–H and O–H groups in total. The maximum atomic E-state index is 11.4. The first-order chi connectivity index (χ1) is 7.92. The van der Waals surface area contributed by atoms with E-state index >= 15 is 0 Å². The van der Waals surface area contributed by atoms with E-state index in [1.54, 1.807) is 6.92 Å². The minimum Gasteiger partial charge on any atom is -0.447 e. The van der Waals surface area contributed by atoms with E-state index in [1.165, 1.54) is 14.0 Å². The van der Waals surface area contributed by atoms with Crippen LogP contribution in [0.2, 0.25) is 0 Å². The van der Waals surface area contributed by atoms with E-state index in [0.29, 0.717) is 0 Å². The van der Waals surface area contributed by atoms with Crippen molar-refractivity contribution in [3.8, 4) is 0 Å². The Hall–Kier alpha value is -1.69. The van der Waals surface area contributed by atoms with Gasteiger partial charge in [-0.1, -0.05) is 13.5 Å². The molecule has 0 aliphatic rings. The largest absolute Gasteiger partial charge is 0.447 e. The van der Waals surface area contributed by atoms with Crippen LogP contribution >= 0.6 is 0 Å². The van der Waals surface area contributed by atoms with Crippen LogP contribution in [0.25, 0.3) is 0 Å². The molecule has 0 amide bonds. The van der Waals surface area contributed by atoms with Gasteiger partial charge in [-0.2, -0.15) is 0 Å². The molecule has 6 nitrogen and oxygen atoms in total. The van der Waals surface area contributed by atoms with Gasteiger partial charge in [-0.25, -0.2) is 14.4 Å². The predicted molar refractivity (Wildman–Crippen MR) is 58.0 cm³/mol. The summed E-state index contributed by atoms with van der Waals surface area (Å²) in [5.41, 5.74) is 0.166.